The molecule has 0 aliphatic heterocycles. The van der Waals surface area contributed by atoms with Gasteiger partial charge in [0.05, 0.1) is 24.9 Å². The Morgan fingerprint density at radius 3 is 2.47 bits per heavy atom. The highest BCUT2D eigenvalue weighted by molar-refractivity contribution is 6.33. The molecule has 0 aliphatic rings. The van der Waals surface area contributed by atoms with E-state index in [9.17, 15) is 14.0 Å². The van der Waals surface area contributed by atoms with Crippen LogP contribution in [0.2, 0.25) is 5.15 Å². The van der Waals surface area contributed by atoms with Crippen molar-refractivity contribution in [3.05, 3.63) is 75.8 Å². The Labute approximate surface area is 202 Å². The summed E-state index contributed by atoms with van der Waals surface area (Å²) in [6.07, 6.45) is 0. The topological polar surface area (TPSA) is 94.5 Å². The van der Waals surface area contributed by atoms with Crippen LogP contribution in [0.4, 0.5) is 4.39 Å². The quantitative estimate of drug-likeness (QED) is 0.455. The summed E-state index contributed by atoms with van der Waals surface area (Å²) < 4.78 is 25.5. The summed E-state index contributed by atoms with van der Waals surface area (Å²) in [4.78, 5) is 24.4. The molecular formula is C24H26ClFN4O4. The van der Waals surface area contributed by atoms with Gasteiger partial charge < -0.3 is 20.1 Å². The van der Waals surface area contributed by atoms with Crippen molar-refractivity contribution in [3.8, 4) is 11.5 Å². The average molecular weight is 489 g/mol. The van der Waals surface area contributed by atoms with Crippen LogP contribution in [0.25, 0.3) is 0 Å². The van der Waals surface area contributed by atoms with E-state index in [1.54, 1.807) is 37.3 Å². The molecule has 0 bridgehead atoms. The first kappa shape index (κ1) is 25.0. The zero-order chi connectivity index (χ0) is 24.7. The molecule has 8 nitrogen and oxygen atoms in total. The van der Waals surface area contributed by atoms with Crippen LogP contribution in [0.1, 0.15) is 34.1 Å². The number of amides is 2. The highest BCUT2D eigenvalue weighted by Crippen LogP contribution is 2.28. The standard InChI is InChI=1S/C24H26ClFN4O4/c1-4-27-21(31)14-34-19-10-7-17(11-20(19)33-3)12-28-24(32)22-15(2)29-30(23(22)25)13-16-5-8-18(26)9-6-16/h5-11H,4,12-14H2,1-3H3,(H,27,31)(H,28,32). The van der Waals surface area contributed by atoms with Gasteiger partial charge in [-0.05, 0) is 49.2 Å². The van der Waals surface area contributed by atoms with Gasteiger partial charge in [0.15, 0.2) is 18.1 Å². The van der Waals surface area contributed by atoms with E-state index in [-0.39, 0.29) is 41.5 Å². The van der Waals surface area contributed by atoms with E-state index in [2.05, 4.69) is 15.7 Å². The number of carbonyl (C=O) groups excluding carboxylic acids is 2. The average Bonchev–Trinajstić information content (AvgIpc) is 3.10. The van der Waals surface area contributed by atoms with Crippen LogP contribution in [-0.2, 0) is 17.9 Å². The second-order valence-electron chi connectivity index (χ2n) is 7.45. The summed E-state index contributed by atoms with van der Waals surface area (Å²) >= 11 is 6.43. The van der Waals surface area contributed by atoms with E-state index in [1.165, 1.54) is 23.9 Å². The summed E-state index contributed by atoms with van der Waals surface area (Å²) in [6, 6.07) is 11.2. The van der Waals surface area contributed by atoms with Crippen molar-refractivity contribution < 1.29 is 23.5 Å². The van der Waals surface area contributed by atoms with E-state index in [0.29, 0.717) is 30.3 Å². The lowest BCUT2D eigenvalue weighted by molar-refractivity contribution is -0.123. The monoisotopic (exact) mass is 488 g/mol. The van der Waals surface area contributed by atoms with Crippen LogP contribution in [-0.4, -0.2) is 41.9 Å². The number of aryl methyl sites for hydroxylation is 1. The van der Waals surface area contributed by atoms with Crippen LogP contribution >= 0.6 is 11.6 Å². The molecule has 0 atom stereocenters. The maximum Gasteiger partial charge on any atom is 0.257 e. The Bertz CT molecular complexity index is 1160. The molecule has 0 aliphatic carbocycles. The lowest BCUT2D eigenvalue weighted by Gasteiger charge is -2.12. The molecule has 0 spiro atoms. The first-order chi connectivity index (χ1) is 16.3. The van der Waals surface area contributed by atoms with E-state index in [0.717, 1.165) is 11.1 Å². The zero-order valence-electron chi connectivity index (χ0n) is 19.2. The first-order valence-electron chi connectivity index (χ1n) is 10.6. The SMILES string of the molecule is CCNC(=O)COc1ccc(CNC(=O)c2c(C)nn(Cc3ccc(F)cc3)c2Cl)cc1OC. The van der Waals surface area contributed by atoms with Crippen molar-refractivity contribution in [1.29, 1.82) is 0 Å². The Morgan fingerprint density at radius 1 is 1.09 bits per heavy atom. The highest BCUT2D eigenvalue weighted by atomic mass is 35.5. The maximum atomic E-state index is 13.1. The minimum Gasteiger partial charge on any atom is -0.493 e. The predicted molar refractivity (Wildman–Crippen MR) is 126 cm³/mol. The molecule has 0 saturated heterocycles. The smallest absolute Gasteiger partial charge is 0.257 e. The lowest BCUT2D eigenvalue weighted by atomic mass is 10.2. The highest BCUT2D eigenvalue weighted by Gasteiger charge is 2.20. The van der Waals surface area contributed by atoms with Crippen LogP contribution in [0.15, 0.2) is 42.5 Å². The third-order valence-corrected chi connectivity index (χ3v) is 5.34. The lowest BCUT2D eigenvalue weighted by Crippen LogP contribution is -2.28. The molecule has 2 aromatic carbocycles. The fourth-order valence-corrected chi connectivity index (χ4v) is 3.60. The third-order valence-electron chi connectivity index (χ3n) is 4.95. The van der Waals surface area contributed by atoms with Gasteiger partial charge in [-0.25, -0.2) is 9.07 Å². The number of benzene rings is 2. The summed E-state index contributed by atoms with van der Waals surface area (Å²) in [6.45, 7) is 4.44. The molecule has 0 saturated carbocycles. The summed E-state index contributed by atoms with van der Waals surface area (Å²) in [5.74, 6) is -0.0663. The molecule has 0 unspecified atom stereocenters. The van der Waals surface area contributed by atoms with Crippen molar-refractivity contribution in [2.45, 2.75) is 26.9 Å². The Morgan fingerprint density at radius 2 is 1.79 bits per heavy atom. The number of likely N-dealkylation sites (N-methyl/N-ethyl adjacent to an activating group) is 1. The first-order valence-corrected chi connectivity index (χ1v) is 11.0. The van der Waals surface area contributed by atoms with Crippen LogP contribution < -0.4 is 20.1 Å². The molecule has 34 heavy (non-hydrogen) atoms. The normalized spacial score (nSPS) is 10.6. The Hall–Kier alpha value is -3.59. The second-order valence-corrected chi connectivity index (χ2v) is 7.80. The molecule has 3 aromatic rings. The largest absolute Gasteiger partial charge is 0.493 e. The minimum atomic E-state index is -0.372. The summed E-state index contributed by atoms with van der Waals surface area (Å²) in [5, 5.41) is 10.0. The van der Waals surface area contributed by atoms with Crippen molar-refractivity contribution in [2.24, 2.45) is 0 Å². The number of nitrogens with zero attached hydrogens (tertiary/aromatic N) is 2. The fourth-order valence-electron chi connectivity index (χ4n) is 3.28. The van der Waals surface area contributed by atoms with Crippen molar-refractivity contribution >= 4 is 23.4 Å². The van der Waals surface area contributed by atoms with Gasteiger partial charge >= 0.3 is 0 Å². The van der Waals surface area contributed by atoms with Crippen molar-refractivity contribution in [1.82, 2.24) is 20.4 Å². The number of halogens is 2. The maximum absolute atomic E-state index is 13.1. The zero-order valence-corrected chi connectivity index (χ0v) is 19.9. The number of carbonyl (C=O) groups is 2. The van der Waals surface area contributed by atoms with Crippen molar-refractivity contribution in [3.63, 3.8) is 0 Å². The van der Waals surface area contributed by atoms with E-state index in [4.69, 9.17) is 21.1 Å². The number of rotatable bonds is 10. The van der Waals surface area contributed by atoms with E-state index < -0.39 is 0 Å². The minimum absolute atomic E-state index is 0.125. The predicted octanol–water partition coefficient (Wildman–Crippen LogP) is 3.49. The summed E-state index contributed by atoms with van der Waals surface area (Å²) in [5.41, 5.74) is 2.33. The number of hydrogen-bond acceptors (Lipinski definition) is 5. The van der Waals surface area contributed by atoms with Gasteiger partial charge in [-0.1, -0.05) is 29.8 Å². The molecule has 10 heteroatoms. The third kappa shape index (κ3) is 6.26. The van der Waals surface area contributed by atoms with Crippen LogP contribution in [0.3, 0.4) is 0 Å². The van der Waals surface area contributed by atoms with Crippen LogP contribution in [0.5, 0.6) is 11.5 Å². The molecular weight excluding hydrogens is 463 g/mol. The molecule has 3 rings (SSSR count). The van der Waals surface area contributed by atoms with Crippen molar-refractivity contribution in [2.75, 3.05) is 20.3 Å². The second kappa shape index (κ2) is 11.5. The number of ether oxygens (including phenoxy) is 2. The number of hydrogen-bond donors (Lipinski definition) is 2. The number of nitrogens with one attached hydrogen (secondary N) is 2. The van der Waals surface area contributed by atoms with Gasteiger partial charge in [-0.2, -0.15) is 5.10 Å². The Kier molecular flexibility index (Phi) is 8.48. The van der Waals surface area contributed by atoms with E-state index >= 15 is 0 Å². The summed E-state index contributed by atoms with van der Waals surface area (Å²) in [7, 11) is 1.50. The molecule has 1 aromatic heterocycles. The van der Waals surface area contributed by atoms with Crippen LogP contribution in [0, 0.1) is 12.7 Å². The van der Waals surface area contributed by atoms with Gasteiger partial charge in [-0.3, -0.25) is 9.59 Å². The van der Waals surface area contributed by atoms with E-state index in [1.807, 2.05) is 6.92 Å². The van der Waals surface area contributed by atoms with Gasteiger partial charge in [0.2, 0.25) is 0 Å². The molecule has 180 valence electrons. The molecule has 1 heterocycles. The van der Waals surface area contributed by atoms with Gasteiger partial charge in [0.25, 0.3) is 11.8 Å². The van der Waals surface area contributed by atoms with Gasteiger partial charge in [-0.15, -0.1) is 0 Å². The molecule has 0 radical (unpaired) electrons. The van der Waals surface area contributed by atoms with Gasteiger partial charge in [0, 0.05) is 13.1 Å². The molecule has 2 N–H and O–H groups in total. The van der Waals surface area contributed by atoms with Gasteiger partial charge in [0.1, 0.15) is 11.0 Å². The molecule has 2 amide bonds. The molecule has 0 fully saturated rings. The number of aromatic nitrogens is 2. The fraction of sp³-hybridized carbons (Fsp3) is 0.292. The Balaban J connectivity index is 1.65. The number of methoxy groups -OCH3 is 1.